The van der Waals surface area contributed by atoms with Crippen molar-refractivity contribution in [1.29, 1.82) is 5.26 Å². The molecule has 0 spiro atoms. The van der Waals surface area contributed by atoms with Crippen molar-refractivity contribution in [3.63, 3.8) is 0 Å². The molecule has 0 aliphatic heterocycles. The minimum absolute atomic E-state index is 0.0528. The minimum Gasteiger partial charge on any atom is -0.347 e. The van der Waals surface area contributed by atoms with Crippen LogP contribution in [-0.4, -0.2) is 30.9 Å². The van der Waals surface area contributed by atoms with Gasteiger partial charge in [0.15, 0.2) is 0 Å². The number of hydrogen-bond donors (Lipinski definition) is 1. The Hall–Kier alpha value is -1.38. The van der Waals surface area contributed by atoms with E-state index >= 15 is 0 Å². The molecule has 0 radical (unpaired) electrons. The molecule has 1 atom stereocenters. The fraction of sp³-hybridized carbons (Fsp3) is 0.455. The highest BCUT2D eigenvalue weighted by atomic mass is 32.1. The zero-order valence-electron chi connectivity index (χ0n) is 9.65. The molecule has 0 aliphatic rings. The van der Waals surface area contributed by atoms with Crippen LogP contribution >= 0.6 is 11.3 Å². The molecule has 1 aromatic rings. The minimum atomic E-state index is -0.206. The zero-order chi connectivity index (χ0) is 12.1. The van der Waals surface area contributed by atoms with Gasteiger partial charge in [-0.1, -0.05) is 0 Å². The monoisotopic (exact) mass is 237 g/mol. The summed E-state index contributed by atoms with van der Waals surface area (Å²) in [7, 11) is 3.47. The Morgan fingerprint density at radius 1 is 1.62 bits per heavy atom. The molecule has 0 bridgehead atoms. The first-order valence-electron chi connectivity index (χ1n) is 4.98. The molecule has 0 aromatic carbocycles. The van der Waals surface area contributed by atoms with Gasteiger partial charge in [0.05, 0.1) is 6.04 Å². The molecule has 0 saturated heterocycles. The van der Waals surface area contributed by atoms with Crippen LogP contribution in [0.1, 0.15) is 16.7 Å². The first kappa shape index (κ1) is 12.7. The summed E-state index contributed by atoms with van der Waals surface area (Å²) in [5.41, 5.74) is 0. The number of carbonyl (C=O) groups excluding carboxylic acids is 1. The van der Waals surface area contributed by atoms with E-state index in [1.165, 1.54) is 11.3 Å². The Balaban J connectivity index is 2.46. The zero-order valence-corrected chi connectivity index (χ0v) is 10.5. The molecule has 0 unspecified atom stereocenters. The molecule has 1 aromatic heterocycles. The van der Waals surface area contributed by atoms with Crippen molar-refractivity contribution in [2.75, 3.05) is 14.1 Å². The van der Waals surface area contributed by atoms with Crippen molar-refractivity contribution in [3.05, 3.63) is 21.9 Å². The van der Waals surface area contributed by atoms with Crippen molar-refractivity contribution in [2.24, 2.45) is 0 Å². The Bertz CT molecular complexity index is 406. The SMILES string of the molecule is C[C@@H](NCc1ccc(C#N)s1)C(=O)N(C)C. The van der Waals surface area contributed by atoms with E-state index in [1.807, 2.05) is 13.0 Å². The lowest BCUT2D eigenvalue weighted by atomic mass is 10.3. The van der Waals surface area contributed by atoms with Gasteiger partial charge in [-0.2, -0.15) is 5.26 Å². The summed E-state index contributed by atoms with van der Waals surface area (Å²) in [5, 5.41) is 11.8. The number of hydrogen-bond acceptors (Lipinski definition) is 4. The predicted octanol–water partition coefficient (Wildman–Crippen LogP) is 1.19. The fourth-order valence-electron chi connectivity index (χ4n) is 1.26. The summed E-state index contributed by atoms with van der Waals surface area (Å²) in [6.07, 6.45) is 0. The number of nitriles is 1. The lowest BCUT2D eigenvalue weighted by Crippen LogP contribution is -2.40. The van der Waals surface area contributed by atoms with E-state index in [2.05, 4.69) is 11.4 Å². The fourth-order valence-corrected chi connectivity index (χ4v) is 2.02. The van der Waals surface area contributed by atoms with Crippen molar-refractivity contribution in [1.82, 2.24) is 10.2 Å². The summed E-state index contributed by atoms with van der Waals surface area (Å²) in [5.74, 6) is 0.0528. The Morgan fingerprint density at radius 2 is 2.31 bits per heavy atom. The Kier molecular flexibility index (Phi) is 4.47. The van der Waals surface area contributed by atoms with Crippen molar-refractivity contribution >= 4 is 17.2 Å². The molecule has 0 fully saturated rings. The molecule has 1 rings (SSSR count). The molecule has 1 N–H and O–H groups in total. The second-order valence-corrected chi connectivity index (χ2v) is 4.88. The molecular formula is C11H15N3OS. The van der Waals surface area contributed by atoms with E-state index in [-0.39, 0.29) is 11.9 Å². The topological polar surface area (TPSA) is 56.1 Å². The van der Waals surface area contributed by atoms with Crippen LogP contribution < -0.4 is 5.32 Å². The van der Waals surface area contributed by atoms with E-state index in [0.29, 0.717) is 11.4 Å². The highest BCUT2D eigenvalue weighted by molar-refractivity contribution is 7.12. The lowest BCUT2D eigenvalue weighted by molar-refractivity contribution is -0.130. The molecule has 86 valence electrons. The number of nitrogens with one attached hydrogen (secondary N) is 1. The number of amides is 1. The predicted molar refractivity (Wildman–Crippen MR) is 64.0 cm³/mol. The summed E-state index contributed by atoms with van der Waals surface area (Å²) < 4.78 is 0. The van der Waals surface area contributed by atoms with E-state index in [9.17, 15) is 4.79 Å². The summed E-state index contributed by atoms with van der Waals surface area (Å²) >= 11 is 1.45. The van der Waals surface area contributed by atoms with Crippen LogP contribution in [0.25, 0.3) is 0 Å². The number of nitrogens with zero attached hydrogens (tertiary/aromatic N) is 2. The van der Waals surface area contributed by atoms with Gasteiger partial charge in [0, 0.05) is 25.5 Å². The number of thiophene rings is 1. The van der Waals surface area contributed by atoms with Gasteiger partial charge in [-0.3, -0.25) is 4.79 Å². The van der Waals surface area contributed by atoms with E-state index in [1.54, 1.807) is 25.1 Å². The maximum absolute atomic E-state index is 11.5. The van der Waals surface area contributed by atoms with Gasteiger partial charge in [-0.15, -0.1) is 11.3 Å². The average molecular weight is 237 g/mol. The third kappa shape index (κ3) is 3.33. The molecule has 1 amide bonds. The van der Waals surface area contributed by atoms with Crippen molar-refractivity contribution in [3.8, 4) is 6.07 Å². The molecule has 1 heterocycles. The second kappa shape index (κ2) is 5.64. The maximum atomic E-state index is 11.5. The van der Waals surface area contributed by atoms with Gasteiger partial charge in [-0.05, 0) is 19.1 Å². The normalized spacial score (nSPS) is 11.9. The maximum Gasteiger partial charge on any atom is 0.238 e. The third-order valence-electron chi connectivity index (χ3n) is 2.17. The largest absolute Gasteiger partial charge is 0.347 e. The highest BCUT2D eigenvalue weighted by Gasteiger charge is 2.13. The number of rotatable bonds is 4. The van der Waals surface area contributed by atoms with Gasteiger partial charge in [0.25, 0.3) is 0 Å². The van der Waals surface area contributed by atoms with Crippen LogP contribution in [0, 0.1) is 11.3 Å². The van der Waals surface area contributed by atoms with E-state index < -0.39 is 0 Å². The molecule has 5 heteroatoms. The number of carbonyl (C=O) groups is 1. The summed E-state index contributed by atoms with van der Waals surface area (Å²) in [6.45, 7) is 2.45. The van der Waals surface area contributed by atoms with Crippen LogP contribution in [-0.2, 0) is 11.3 Å². The molecular weight excluding hydrogens is 222 g/mol. The average Bonchev–Trinajstić information content (AvgIpc) is 2.72. The second-order valence-electron chi connectivity index (χ2n) is 3.71. The molecule has 0 aliphatic carbocycles. The Morgan fingerprint density at radius 3 is 2.81 bits per heavy atom. The number of likely N-dealkylation sites (N-methyl/N-ethyl adjacent to an activating group) is 1. The van der Waals surface area contributed by atoms with Crippen LogP contribution in [0.2, 0.25) is 0 Å². The van der Waals surface area contributed by atoms with Gasteiger partial charge < -0.3 is 10.2 Å². The van der Waals surface area contributed by atoms with Crippen LogP contribution in [0.3, 0.4) is 0 Å². The van der Waals surface area contributed by atoms with Gasteiger partial charge in [0.2, 0.25) is 5.91 Å². The van der Waals surface area contributed by atoms with Crippen molar-refractivity contribution in [2.45, 2.75) is 19.5 Å². The first-order valence-corrected chi connectivity index (χ1v) is 5.79. The van der Waals surface area contributed by atoms with Gasteiger partial charge in [0.1, 0.15) is 10.9 Å². The third-order valence-corrected chi connectivity index (χ3v) is 3.16. The quantitative estimate of drug-likeness (QED) is 0.855. The first-order chi connectivity index (χ1) is 7.54. The van der Waals surface area contributed by atoms with E-state index in [0.717, 1.165) is 4.88 Å². The van der Waals surface area contributed by atoms with Crippen LogP contribution in [0.15, 0.2) is 12.1 Å². The summed E-state index contributed by atoms with van der Waals surface area (Å²) in [4.78, 5) is 14.9. The lowest BCUT2D eigenvalue weighted by Gasteiger charge is -2.17. The van der Waals surface area contributed by atoms with Crippen LogP contribution in [0.5, 0.6) is 0 Å². The van der Waals surface area contributed by atoms with Crippen LogP contribution in [0.4, 0.5) is 0 Å². The molecule has 16 heavy (non-hydrogen) atoms. The van der Waals surface area contributed by atoms with E-state index in [4.69, 9.17) is 5.26 Å². The molecule has 0 saturated carbocycles. The highest BCUT2D eigenvalue weighted by Crippen LogP contribution is 2.14. The Labute approximate surface area is 99.5 Å². The molecule has 4 nitrogen and oxygen atoms in total. The smallest absolute Gasteiger partial charge is 0.238 e. The summed E-state index contributed by atoms with van der Waals surface area (Å²) in [6, 6.07) is 5.58. The van der Waals surface area contributed by atoms with Gasteiger partial charge >= 0.3 is 0 Å². The van der Waals surface area contributed by atoms with Gasteiger partial charge in [-0.25, -0.2) is 0 Å². The van der Waals surface area contributed by atoms with Crippen molar-refractivity contribution < 1.29 is 4.79 Å². The standard InChI is InChI=1S/C11H15N3OS/c1-8(11(15)14(2)3)13-7-10-5-4-9(6-12)16-10/h4-5,8,13H,7H2,1-3H3/t8-/m1/s1.